The van der Waals surface area contributed by atoms with Gasteiger partial charge in [0.1, 0.15) is 0 Å². The zero-order valence-corrected chi connectivity index (χ0v) is 23.1. The zero-order valence-electron chi connectivity index (χ0n) is 21.5. The summed E-state index contributed by atoms with van der Waals surface area (Å²) in [6.07, 6.45) is 26.6. The molecule has 1 N–H and O–H groups in total. The van der Waals surface area contributed by atoms with Gasteiger partial charge in [0, 0.05) is 0 Å². The molecule has 3 unspecified atom stereocenters. The Kier molecular flexibility index (Phi) is 10.8. The van der Waals surface area contributed by atoms with E-state index in [-0.39, 0.29) is 0 Å². The van der Waals surface area contributed by atoms with Gasteiger partial charge in [0.05, 0.1) is 0 Å². The third kappa shape index (κ3) is 8.10. The van der Waals surface area contributed by atoms with Crippen molar-refractivity contribution in [2.45, 2.75) is 111 Å². The molecule has 4 aliphatic rings. The summed E-state index contributed by atoms with van der Waals surface area (Å²) in [6.45, 7) is 11.2. The number of hydrogen-bond acceptors (Lipinski definition) is 1. The molecule has 33 heavy (non-hydrogen) atoms. The minimum absolute atomic E-state index is 0.312. The second kappa shape index (κ2) is 13.3. The Balaban J connectivity index is 0.000000454. The molecule has 3 atom stereocenters. The van der Waals surface area contributed by atoms with Crippen molar-refractivity contribution in [2.24, 2.45) is 17.8 Å². The molecule has 1 aliphatic heterocycles. The maximum absolute atomic E-state index is 13.3. The molecule has 0 aromatic rings. The Hall–Kier alpha value is -0.856. The van der Waals surface area contributed by atoms with Gasteiger partial charge in [-0.25, -0.2) is 0 Å². The molecule has 3 fully saturated rings. The number of fused-ring (bicyclic) bond motifs is 1. The van der Waals surface area contributed by atoms with Crippen molar-refractivity contribution in [3.8, 4) is 0 Å². The van der Waals surface area contributed by atoms with Crippen LogP contribution < -0.4 is 3.80 Å². The van der Waals surface area contributed by atoms with Crippen LogP contribution in [0, 0.1) is 17.8 Å². The topological polar surface area (TPSA) is 29.1 Å². The Labute approximate surface area is 208 Å². The predicted octanol–water partition coefficient (Wildman–Crippen LogP) is 9.02. The molecule has 4 rings (SSSR count). The Morgan fingerprint density at radius 3 is 1.79 bits per heavy atom. The average Bonchev–Trinajstić information content (AvgIpc) is 3.42. The van der Waals surface area contributed by atoms with E-state index in [2.05, 4.69) is 41.3 Å². The van der Waals surface area contributed by atoms with E-state index in [0.29, 0.717) is 11.8 Å². The van der Waals surface area contributed by atoms with Crippen LogP contribution in [-0.2, 0) is 21.6 Å². The molecule has 2 nitrogen and oxygen atoms in total. The number of carbonyl (C=O) groups excluding carboxylic acids is 1. The molecule has 1 amide bonds. The number of carbonyl (C=O) groups is 1. The number of amides is 1. The molecule has 1 saturated heterocycles. The fourth-order valence-electron chi connectivity index (χ4n) is 6.10. The van der Waals surface area contributed by atoms with Crippen molar-refractivity contribution < 1.29 is 21.6 Å². The van der Waals surface area contributed by atoms with Crippen LogP contribution in [-0.4, -0.2) is 5.91 Å². The summed E-state index contributed by atoms with van der Waals surface area (Å²) in [6, 6.07) is 0. The number of allylic oxidation sites excluding steroid dienone is 6. The van der Waals surface area contributed by atoms with E-state index in [4.69, 9.17) is 0 Å². The number of hydrogen-bond donors (Lipinski definition) is 1. The fraction of sp³-hybridized carbons (Fsp3) is 0.700. The van der Waals surface area contributed by atoms with Gasteiger partial charge in [-0.1, -0.05) is 24.3 Å². The van der Waals surface area contributed by atoms with E-state index in [1.165, 1.54) is 80.1 Å². The third-order valence-electron chi connectivity index (χ3n) is 8.65. The Morgan fingerprint density at radius 2 is 1.27 bits per heavy atom. The first kappa shape index (κ1) is 26.7. The van der Waals surface area contributed by atoms with Crippen LogP contribution in [0.1, 0.15) is 97.3 Å². The van der Waals surface area contributed by atoms with Crippen molar-refractivity contribution in [1.29, 1.82) is 0 Å². The molecular weight excluding hydrogens is 438 g/mol. The second-order valence-electron chi connectivity index (χ2n) is 11.4. The molecular formula is C30H49NOTi. The van der Waals surface area contributed by atoms with Gasteiger partial charge in [-0.2, -0.15) is 0 Å². The maximum atomic E-state index is 13.3. The summed E-state index contributed by atoms with van der Waals surface area (Å²) in [7, 11) is 0. The summed E-state index contributed by atoms with van der Waals surface area (Å²) in [5, 5.41) is 0. The van der Waals surface area contributed by atoms with Crippen molar-refractivity contribution in [3.05, 3.63) is 48.6 Å². The van der Waals surface area contributed by atoms with E-state index < -0.39 is 16.8 Å². The molecule has 3 heteroatoms. The van der Waals surface area contributed by atoms with Crippen molar-refractivity contribution in [2.75, 3.05) is 0 Å². The number of rotatable bonds is 4. The van der Waals surface area contributed by atoms with E-state index in [9.17, 15) is 4.79 Å². The SMILES string of the molecule is C=C(C)C(=C)C.O=C([NH][Ti]1([CH]2CCC3C=CC=CC32)[CH2][CH2]1)C1CCCCCCCCCCC1. The molecule has 184 valence electrons. The van der Waals surface area contributed by atoms with Crippen molar-refractivity contribution >= 4 is 5.91 Å². The minimum atomic E-state index is -2.11. The monoisotopic (exact) mass is 487 g/mol. The first-order chi connectivity index (χ1) is 15.9. The van der Waals surface area contributed by atoms with Crippen LogP contribution >= 0.6 is 0 Å². The summed E-state index contributed by atoms with van der Waals surface area (Å²) in [4.78, 5) is 13.3. The molecule has 0 aromatic heterocycles. The van der Waals surface area contributed by atoms with Crippen LogP contribution in [0.4, 0.5) is 0 Å². The van der Waals surface area contributed by atoms with Gasteiger partial charge < -0.3 is 0 Å². The van der Waals surface area contributed by atoms with Gasteiger partial charge in [0.2, 0.25) is 0 Å². The molecule has 0 bridgehead atoms. The summed E-state index contributed by atoms with van der Waals surface area (Å²) < 4.78 is 7.45. The summed E-state index contributed by atoms with van der Waals surface area (Å²) in [5.41, 5.74) is 2.13. The van der Waals surface area contributed by atoms with E-state index >= 15 is 0 Å². The van der Waals surface area contributed by atoms with Crippen LogP contribution in [0.2, 0.25) is 13.7 Å². The summed E-state index contributed by atoms with van der Waals surface area (Å²) in [5.74, 6) is 2.30. The number of nitrogens with one attached hydrogen (secondary N) is 1. The van der Waals surface area contributed by atoms with Crippen molar-refractivity contribution in [1.82, 2.24) is 3.80 Å². The predicted molar refractivity (Wildman–Crippen MR) is 140 cm³/mol. The van der Waals surface area contributed by atoms with Crippen LogP contribution in [0.5, 0.6) is 0 Å². The van der Waals surface area contributed by atoms with Crippen LogP contribution in [0.25, 0.3) is 0 Å². The van der Waals surface area contributed by atoms with Crippen LogP contribution in [0.3, 0.4) is 0 Å². The van der Waals surface area contributed by atoms with E-state index in [0.717, 1.165) is 40.0 Å². The third-order valence-corrected chi connectivity index (χ3v) is 15.5. The zero-order chi connectivity index (χ0) is 23.7. The second-order valence-corrected chi connectivity index (χ2v) is 18.1. The normalized spacial score (nSPS) is 29.5. The standard InChI is InChI=1S/C13H25NO.C9H11.C6H10.C2H4.Ti/c14-13(15)12-10-8-6-4-2-1-3-5-7-9-11-12;1-2-5-9-7-3-6-8(9)4-1;1-5(2)6(3)4;1-2;/h12H,1-11H2,(H2,14,15);1-2,4-6,8-9H,3,7H2;1,3H2,2,4H3;1-2H2;/q;;;;+1/p-1. The van der Waals surface area contributed by atoms with E-state index in [1.807, 2.05) is 13.8 Å². The van der Waals surface area contributed by atoms with Crippen molar-refractivity contribution in [3.63, 3.8) is 0 Å². The Bertz CT molecular complexity index is 708. The molecule has 0 radical (unpaired) electrons. The Morgan fingerprint density at radius 1 is 0.758 bits per heavy atom. The van der Waals surface area contributed by atoms with Gasteiger partial charge in [-0.05, 0) is 13.8 Å². The average molecular weight is 488 g/mol. The quantitative estimate of drug-likeness (QED) is 0.311. The van der Waals surface area contributed by atoms with Gasteiger partial charge in [-0.3, -0.25) is 0 Å². The van der Waals surface area contributed by atoms with Crippen LogP contribution in [0.15, 0.2) is 48.6 Å². The van der Waals surface area contributed by atoms with Gasteiger partial charge in [0.15, 0.2) is 0 Å². The molecule has 1 heterocycles. The van der Waals surface area contributed by atoms with Gasteiger partial charge in [0.25, 0.3) is 0 Å². The summed E-state index contributed by atoms with van der Waals surface area (Å²) >= 11 is -2.11. The molecule has 0 aromatic carbocycles. The molecule has 3 aliphatic carbocycles. The van der Waals surface area contributed by atoms with Gasteiger partial charge >= 0.3 is 171 Å². The molecule has 0 spiro atoms. The molecule has 2 saturated carbocycles. The fourth-order valence-corrected chi connectivity index (χ4v) is 14.0. The first-order valence-corrected chi connectivity index (χ1v) is 17.8. The van der Waals surface area contributed by atoms with Gasteiger partial charge in [-0.15, -0.1) is 0 Å². The first-order valence-electron chi connectivity index (χ1n) is 13.9. The van der Waals surface area contributed by atoms with E-state index in [1.54, 1.807) is 0 Å².